The molecule has 1 fully saturated rings. The molecule has 2 rings (SSSR count). The molecule has 4 heteroatoms. The van der Waals surface area contributed by atoms with E-state index >= 15 is 0 Å². The highest BCUT2D eigenvalue weighted by molar-refractivity contribution is 5.79. The Bertz CT molecular complexity index is 259. The summed E-state index contributed by atoms with van der Waals surface area (Å²) in [5.74, 6) is 0.185. The standard InChI is InChI=1S/C11H17NO3/c1-14-11(13)9-10(15-7-12-9)8-5-3-2-4-6-8/h7-10H,2-6H2,1H3/t9-,10?/m1/s1. The topological polar surface area (TPSA) is 47.9 Å². The second kappa shape index (κ2) is 4.64. The Kier molecular flexibility index (Phi) is 3.23. The number of methoxy groups -OCH3 is 1. The molecule has 1 unspecified atom stereocenters. The van der Waals surface area contributed by atoms with Gasteiger partial charge in [0.05, 0.1) is 7.11 Å². The van der Waals surface area contributed by atoms with Crippen molar-refractivity contribution in [3.63, 3.8) is 0 Å². The van der Waals surface area contributed by atoms with Gasteiger partial charge in [0.1, 0.15) is 6.10 Å². The van der Waals surface area contributed by atoms with Crippen molar-refractivity contribution in [2.75, 3.05) is 7.11 Å². The van der Waals surface area contributed by atoms with Gasteiger partial charge in [0.15, 0.2) is 12.4 Å². The van der Waals surface area contributed by atoms with Crippen LogP contribution >= 0.6 is 0 Å². The lowest BCUT2D eigenvalue weighted by Gasteiger charge is -2.28. The number of hydrogen-bond donors (Lipinski definition) is 0. The van der Waals surface area contributed by atoms with Crippen LogP contribution in [0.2, 0.25) is 0 Å². The van der Waals surface area contributed by atoms with Crippen molar-refractivity contribution in [2.45, 2.75) is 44.2 Å². The Morgan fingerprint density at radius 2 is 2.13 bits per heavy atom. The Labute approximate surface area is 89.7 Å². The molecule has 0 aromatic rings. The summed E-state index contributed by atoms with van der Waals surface area (Å²) in [6, 6.07) is -0.432. The second-order valence-electron chi connectivity index (χ2n) is 4.22. The fourth-order valence-corrected chi connectivity index (χ4v) is 2.48. The van der Waals surface area contributed by atoms with Gasteiger partial charge in [-0.1, -0.05) is 19.3 Å². The van der Waals surface area contributed by atoms with Gasteiger partial charge in [-0.25, -0.2) is 9.79 Å². The van der Waals surface area contributed by atoms with Gasteiger partial charge >= 0.3 is 5.97 Å². The summed E-state index contributed by atoms with van der Waals surface area (Å²) >= 11 is 0. The molecule has 2 atom stereocenters. The SMILES string of the molecule is COC(=O)[C@@H]1N=COC1C1CCCCC1. The van der Waals surface area contributed by atoms with Crippen LogP contribution in [0, 0.1) is 5.92 Å². The molecule has 0 bridgehead atoms. The van der Waals surface area contributed by atoms with E-state index in [0.717, 1.165) is 12.8 Å². The number of ether oxygens (including phenoxy) is 2. The first-order valence-corrected chi connectivity index (χ1v) is 5.58. The Hall–Kier alpha value is -1.06. The average molecular weight is 211 g/mol. The van der Waals surface area contributed by atoms with E-state index in [2.05, 4.69) is 4.99 Å². The lowest BCUT2D eigenvalue weighted by atomic mass is 9.83. The first-order chi connectivity index (χ1) is 7.33. The maximum absolute atomic E-state index is 11.5. The van der Waals surface area contributed by atoms with E-state index in [0.29, 0.717) is 5.92 Å². The number of carbonyl (C=O) groups is 1. The smallest absolute Gasteiger partial charge is 0.334 e. The lowest BCUT2D eigenvalue weighted by Crippen LogP contribution is -2.37. The van der Waals surface area contributed by atoms with Crippen LogP contribution in [0.15, 0.2) is 4.99 Å². The van der Waals surface area contributed by atoms with Gasteiger partial charge in [-0.05, 0) is 18.8 Å². The van der Waals surface area contributed by atoms with Gasteiger partial charge in [0.25, 0.3) is 0 Å². The first-order valence-electron chi connectivity index (χ1n) is 5.58. The first kappa shape index (κ1) is 10.5. The molecule has 4 nitrogen and oxygen atoms in total. The number of rotatable bonds is 2. The van der Waals surface area contributed by atoms with Crippen LogP contribution in [0.5, 0.6) is 0 Å². The third kappa shape index (κ3) is 2.13. The van der Waals surface area contributed by atoms with Crippen LogP contribution in [-0.2, 0) is 14.3 Å². The van der Waals surface area contributed by atoms with Crippen molar-refractivity contribution in [3.8, 4) is 0 Å². The summed E-state index contributed by atoms with van der Waals surface area (Å²) in [6.45, 7) is 0. The van der Waals surface area contributed by atoms with E-state index < -0.39 is 6.04 Å². The quantitative estimate of drug-likeness (QED) is 0.651. The van der Waals surface area contributed by atoms with Crippen molar-refractivity contribution in [1.29, 1.82) is 0 Å². The minimum absolute atomic E-state index is 0.0854. The summed E-state index contributed by atoms with van der Waals surface area (Å²) in [6.07, 6.45) is 7.37. The molecule has 0 aromatic carbocycles. The van der Waals surface area contributed by atoms with Crippen LogP contribution in [-0.4, -0.2) is 31.6 Å². The Morgan fingerprint density at radius 3 is 2.80 bits per heavy atom. The largest absolute Gasteiger partial charge is 0.477 e. The van der Waals surface area contributed by atoms with Gasteiger partial charge in [-0.15, -0.1) is 0 Å². The fraction of sp³-hybridized carbons (Fsp3) is 0.818. The molecular formula is C11H17NO3. The minimum atomic E-state index is -0.432. The summed E-state index contributed by atoms with van der Waals surface area (Å²) in [5, 5.41) is 0. The van der Waals surface area contributed by atoms with E-state index in [1.807, 2.05) is 0 Å². The van der Waals surface area contributed by atoms with Crippen molar-refractivity contribution in [3.05, 3.63) is 0 Å². The average Bonchev–Trinajstić information content (AvgIpc) is 2.78. The molecule has 1 aliphatic heterocycles. The zero-order valence-electron chi connectivity index (χ0n) is 9.02. The van der Waals surface area contributed by atoms with Crippen LogP contribution in [0.3, 0.4) is 0 Å². The zero-order chi connectivity index (χ0) is 10.7. The summed E-state index contributed by atoms with van der Waals surface area (Å²) < 4.78 is 10.2. The molecule has 2 aliphatic rings. The molecule has 0 N–H and O–H groups in total. The molecule has 0 saturated heterocycles. The maximum atomic E-state index is 11.5. The van der Waals surface area contributed by atoms with Gasteiger partial charge in [0.2, 0.25) is 0 Å². The number of carbonyl (C=O) groups excluding carboxylic acids is 1. The van der Waals surface area contributed by atoms with E-state index in [4.69, 9.17) is 9.47 Å². The van der Waals surface area contributed by atoms with Crippen LogP contribution in [0.25, 0.3) is 0 Å². The third-order valence-corrected chi connectivity index (χ3v) is 3.31. The molecular weight excluding hydrogens is 194 g/mol. The maximum Gasteiger partial charge on any atom is 0.334 e. The normalized spacial score (nSPS) is 31.3. The predicted octanol–water partition coefficient (Wildman–Crippen LogP) is 1.54. The third-order valence-electron chi connectivity index (χ3n) is 3.31. The zero-order valence-corrected chi connectivity index (χ0v) is 9.02. The summed E-state index contributed by atoms with van der Waals surface area (Å²) in [4.78, 5) is 15.5. The highest BCUT2D eigenvalue weighted by Gasteiger charge is 2.39. The van der Waals surface area contributed by atoms with Gasteiger partial charge in [0, 0.05) is 0 Å². The monoisotopic (exact) mass is 211 g/mol. The van der Waals surface area contributed by atoms with Gasteiger partial charge in [-0.3, -0.25) is 0 Å². The van der Waals surface area contributed by atoms with E-state index in [1.54, 1.807) is 0 Å². The fourth-order valence-electron chi connectivity index (χ4n) is 2.48. The number of nitrogens with zero attached hydrogens (tertiary/aromatic N) is 1. The van der Waals surface area contributed by atoms with Crippen LogP contribution in [0.1, 0.15) is 32.1 Å². The number of esters is 1. The van der Waals surface area contributed by atoms with E-state index in [-0.39, 0.29) is 12.1 Å². The molecule has 84 valence electrons. The molecule has 1 heterocycles. The molecule has 0 radical (unpaired) electrons. The Morgan fingerprint density at radius 1 is 1.40 bits per heavy atom. The van der Waals surface area contributed by atoms with Crippen molar-refractivity contribution in [1.82, 2.24) is 0 Å². The Balaban J connectivity index is 1.98. The number of aliphatic imine (C=N–C) groups is 1. The highest BCUT2D eigenvalue weighted by Crippen LogP contribution is 2.31. The van der Waals surface area contributed by atoms with E-state index in [9.17, 15) is 4.79 Å². The minimum Gasteiger partial charge on any atom is -0.477 e. The lowest BCUT2D eigenvalue weighted by molar-refractivity contribution is -0.144. The highest BCUT2D eigenvalue weighted by atomic mass is 16.5. The molecule has 0 aromatic heterocycles. The molecule has 1 saturated carbocycles. The molecule has 15 heavy (non-hydrogen) atoms. The second-order valence-corrected chi connectivity index (χ2v) is 4.22. The van der Waals surface area contributed by atoms with Crippen LogP contribution in [0.4, 0.5) is 0 Å². The van der Waals surface area contributed by atoms with Crippen molar-refractivity contribution < 1.29 is 14.3 Å². The van der Waals surface area contributed by atoms with Crippen molar-refractivity contribution in [2.24, 2.45) is 10.9 Å². The van der Waals surface area contributed by atoms with Gasteiger partial charge < -0.3 is 9.47 Å². The summed E-state index contributed by atoms with van der Waals surface area (Å²) in [7, 11) is 1.40. The summed E-state index contributed by atoms with van der Waals surface area (Å²) in [5.41, 5.74) is 0. The van der Waals surface area contributed by atoms with Gasteiger partial charge in [-0.2, -0.15) is 0 Å². The molecule has 0 spiro atoms. The molecule has 0 amide bonds. The van der Waals surface area contributed by atoms with Crippen molar-refractivity contribution >= 4 is 12.4 Å². The molecule has 1 aliphatic carbocycles. The number of hydrogen-bond acceptors (Lipinski definition) is 4. The predicted molar refractivity (Wildman–Crippen MR) is 55.7 cm³/mol. The van der Waals surface area contributed by atoms with Crippen LogP contribution < -0.4 is 0 Å². The van der Waals surface area contributed by atoms with E-state index in [1.165, 1.54) is 32.8 Å².